The summed E-state index contributed by atoms with van der Waals surface area (Å²) in [7, 11) is 0. The molecule has 0 unspecified atom stereocenters. The van der Waals surface area contributed by atoms with Crippen LogP contribution in [0.5, 0.6) is 5.75 Å². The van der Waals surface area contributed by atoms with Gasteiger partial charge >= 0.3 is 0 Å². The maximum absolute atomic E-state index is 12.6. The number of anilines is 2. The minimum atomic E-state index is -0.373. The molecular formula is C22H21N3O3. The summed E-state index contributed by atoms with van der Waals surface area (Å²) in [5, 5.41) is 5.59. The second kappa shape index (κ2) is 8.81. The highest BCUT2D eigenvalue weighted by Crippen LogP contribution is 2.25. The van der Waals surface area contributed by atoms with Gasteiger partial charge in [-0.15, -0.1) is 0 Å². The molecule has 3 aromatic rings. The van der Waals surface area contributed by atoms with E-state index in [2.05, 4.69) is 15.6 Å². The first-order valence-corrected chi connectivity index (χ1v) is 8.91. The molecule has 0 aliphatic heterocycles. The van der Waals surface area contributed by atoms with E-state index in [1.807, 2.05) is 44.2 Å². The number of rotatable bonds is 6. The molecule has 2 N–H and O–H groups in total. The summed E-state index contributed by atoms with van der Waals surface area (Å²) < 4.78 is 5.72. The Kier molecular flexibility index (Phi) is 6.01. The lowest BCUT2D eigenvalue weighted by Gasteiger charge is -2.14. The molecule has 0 bridgehead atoms. The Morgan fingerprint density at radius 3 is 2.14 bits per heavy atom. The fourth-order valence-electron chi connectivity index (χ4n) is 2.53. The summed E-state index contributed by atoms with van der Waals surface area (Å²) in [6.45, 7) is 3.83. The summed E-state index contributed by atoms with van der Waals surface area (Å²) in [5.41, 5.74) is 1.80. The van der Waals surface area contributed by atoms with Gasteiger partial charge in [0.05, 0.1) is 22.9 Å². The van der Waals surface area contributed by atoms with Crippen molar-refractivity contribution < 1.29 is 14.3 Å². The lowest BCUT2D eigenvalue weighted by molar-refractivity contribution is 0.102. The molecule has 6 nitrogen and oxygen atoms in total. The maximum Gasteiger partial charge on any atom is 0.257 e. The van der Waals surface area contributed by atoms with Gasteiger partial charge in [0.25, 0.3) is 11.8 Å². The van der Waals surface area contributed by atoms with E-state index in [4.69, 9.17) is 4.74 Å². The van der Waals surface area contributed by atoms with Crippen LogP contribution in [0.1, 0.15) is 34.6 Å². The van der Waals surface area contributed by atoms with Gasteiger partial charge in [0.2, 0.25) is 0 Å². The molecule has 0 saturated heterocycles. The topological polar surface area (TPSA) is 80.3 Å². The lowest BCUT2D eigenvalue weighted by Crippen LogP contribution is -2.17. The quantitative estimate of drug-likeness (QED) is 0.670. The van der Waals surface area contributed by atoms with E-state index in [1.165, 1.54) is 18.5 Å². The van der Waals surface area contributed by atoms with E-state index in [0.717, 1.165) is 0 Å². The average molecular weight is 375 g/mol. The minimum Gasteiger partial charge on any atom is -0.489 e. The van der Waals surface area contributed by atoms with Crippen molar-refractivity contribution in [1.29, 1.82) is 0 Å². The molecule has 28 heavy (non-hydrogen) atoms. The largest absolute Gasteiger partial charge is 0.489 e. The lowest BCUT2D eigenvalue weighted by atomic mass is 10.1. The van der Waals surface area contributed by atoms with E-state index in [1.54, 1.807) is 24.3 Å². The standard InChI is InChI=1S/C22H21N3O3/c1-15(2)28-20-11-7-6-10-19(20)25-22(27)17-12-16(13-23-14-17)21(26)24-18-8-4-3-5-9-18/h3-15H,1-2H3,(H,24,26)(H,25,27). The summed E-state index contributed by atoms with van der Waals surface area (Å²) in [6, 6.07) is 17.8. The van der Waals surface area contributed by atoms with Gasteiger partial charge in [0.1, 0.15) is 5.75 Å². The maximum atomic E-state index is 12.6. The predicted molar refractivity (Wildman–Crippen MR) is 109 cm³/mol. The van der Waals surface area contributed by atoms with Crippen molar-refractivity contribution in [3.63, 3.8) is 0 Å². The summed E-state index contributed by atoms with van der Waals surface area (Å²) >= 11 is 0. The third-order valence-corrected chi connectivity index (χ3v) is 3.79. The van der Waals surface area contributed by atoms with E-state index < -0.39 is 0 Å². The first-order valence-electron chi connectivity index (χ1n) is 8.91. The molecule has 2 amide bonds. The van der Waals surface area contributed by atoms with Crippen molar-refractivity contribution in [2.75, 3.05) is 10.6 Å². The average Bonchev–Trinajstić information content (AvgIpc) is 2.70. The van der Waals surface area contributed by atoms with Crippen LogP contribution in [0.2, 0.25) is 0 Å². The first-order chi connectivity index (χ1) is 13.5. The fraction of sp³-hybridized carbons (Fsp3) is 0.136. The second-order valence-corrected chi connectivity index (χ2v) is 6.40. The predicted octanol–water partition coefficient (Wildman–Crippen LogP) is 4.37. The molecule has 0 aliphatic rings. The van der Waals surface area contributed by atoms with E-state index in [0.29, 0.717) is 22.7 Å². The third kappa shape index (κ3) is 4.94. The summed E-state index contributed by atoms with van der Waals surface area (Å²) in [5.74, 6) is -0.129. The molecule has 0 aliphatic carbocycles. The molecule has 6 heteroatoms. The van der Waals surface area contributed by atoms with Crippen molar-refractivity contribution in [3.05, 3.63) is 84.2 Å². The highest BCUT2D eigenvalue weighted by atomic mass is 16.5. The molecular weight excluding hydrogens is 354 g/mol. The van der Waals surface area contributed by atoms with E-state index in [9.17, 15) is 9.59 Å². The van der Waals surface area contributed by atoms with Crippen LogP contribution in [0.4, 0.5) is 11.4 Å². The molecule has 0 atom stereocenters. The number of benzene rings is 2. The molecule has 3 rings (SSSR count). The number of carbonyl (C=O) groups excluding carboxylic acids is 2. The Balaban J connectivity index is 1.75. The molecule has 0 radical (unpaired) electrons. The normalized spacial score (nSPS) is 10.4. The number of nitrogens with one attached hydrogen (secondary N) is 2. The molecule has 1 heterocycles. The number of ether oxygens (including phenoxy) is 1. The number of nitrogens with zero attached hydrogens (tertiary/aromatic N) is 1. The van der Waals surface area contributed by atoms with Gasteiger partial charge in [0.15, 0.2) is 0 Å². The van der Waals surface area contributed by atoms with Crippen LogP contribution in [0.3, 0.4) is 0 Å². The number of hydrogen-bond acceptors (Lipinski definition) is 4. The zero-order valence-corrected chi connectivity index (χ0v) is 15.7. The van der Waals surface area contributed by atoms with Crippen LogP contribution in [0.15, 0.2) is 73.1 Å². The van der Waals surface area contributed by atoms with Gasteiger partial charge in [-0.3, -0.25) is 14.6 Å². The zero-order valence-electron chi connectivity index (χ0n) is 15.7. The Morgan fingerprint density at radius 2 is 1.46 bits per heavy atom. The molecule has 1 aromatic heterocycles. The van der Waals surface area contributed by atoms with Crippen LogP contribution in [-0.4, -0.2) is 22.9 Å². The SMILES string of the molecule is CC(C)Oc1ccccc1NC(=O)c1cncc(C(=O)Nc2ccccc2)c1. The molecule has 0 saturated carbocycles. The van der Waals surface area contributed by atoms with Crippen molar-refractivity contribution in [3.8, 4) is 5.75 Å². The Morgan fingerprint density at radius 1 is 0.857 bits per heavy atom. The monoisotopic (exact) mass is 375 g/mol. The smallest absolute Gasteiger partial charge is 0.257 e. The molecule has 142 valence electrons. The number of pyridine rings is 1. The van der Waals surface area contributed by atoms with Crippen LogP contribution in [-0.2, 0) is 0 Å². The number of para-hydroxylation sites is 3. The Labute approximate surface area is 163 Å². The van der Waals surface area contributed by atoms with Crippen molar-refractivity contribution >= 4 is 23.2 Å². The molecule has 0 spiro atoms. The Bertz CT molecular complexity index is 972. The molecule has 0 fully saturated rings. The zero-order chi connectivity index (χ0) is 19.9. The van der Waals surface area contributed by atoms with Gasteiger partial charge in [-0.25, -0.2) is 0 Å². The van der Waals surface area contributed by atoms with Gasteiger partial charge < -0.3 is 15.4 Å². The first kappa shape index (κ1) is 19.1. The van der Waals surface area contributed by atoms with Gasteiger partial charge in [-0.2, -0.15) is 0 Å². The summed E-state index contributed by atoms with van der Waals surface area (Å²) in [4.78, 5) is 29.1. The van der Waals surface area contributed by atoms with Gasteiger partial charge in [-0.05, 0) is 44.2 Å². The number of carbonyl (C=O) groups is 2. The highest BCUT2D eigenvalue weighted by molar-refractivity contribution is 6.08. The van der Waals surface area contributed by atoms with Crippen molar-refractivity contribution in [2.24, 2.45) is 0 Å². The van der Waals surface area contributed by atoms with Gasteiger partial charge in [0, 0.05) is 18.1 Å². The third-order valence-electron chi connectivity index (χ3n) is 3.79. The van der Waals surface area contributed by atoms with Crippen molar-refractivity contribution in [2.45, 2.75) is 20.0 Å². The molecule has 2 aromatic carbocycles. The van der Waals surface area contributed by atoms with Crippen LogP contribution < -0.4 is 15.4 Å². The number of aromatic nitrogens is 1. The van der Waals surface area contributed by atoms with Crippen molar-refractivity contribution in [1.82, 2.24) is 4.98 Å². The van der Waals surface area contributed by atoms with E-state index in [-0.39, 0.29) is 23.5 Å². The van der Waals surface area contributed by atoms with Crippen LogP contribution in [0.25, 0.3) is 0 Å². The van der Waals surface area contributed by atoms with E-state index >= 15 is 0 Å². The Hall–Kier alpha value is -3.67. The second-order valence-electron chi connectivity index (χ2n) is 6.40. The number of amides is 2. The van der Waals surface area contributed by atoms with Gasteiger partial charge in [-0.1, -0.05) is 30.3 Å². The van der Waals surface area contributed by atoms with Crippen LogP contribution >= 0.6 is 0 Å². The summed E-state index contributed by atoms with van der Waals surface area (Å²) in [6.07, 6.45) is 2.82. The van der Waals surface area contributed by atoms with Crippen LogP contribution in [0, 0.1) is 0 Å². The highest BCUT2D eigenvalue weighted by Gasteiger charge is 2.14. The number of hydrogen-bond donors (Lipinski definition) is 2. The minimum absolute atomic E-state index is 0.0234. The fourth-order valence-corrected chi connectivity index (χ4v) is 2.53.